The van der Waals surface area contributed by atoms with Crippen molar-refractivity contribution in [3.05, 3.63) is 0 Å². The van der Waals surface area contributed by atoms with Gasteiger partial charge in [0.2, 0.25) is 5.91 Å². The molecule has 6 nitrogen and oxygen atoms in total. The molecule has 2 rings (SSSR count). The summed E-state index contributed by atoms with van der Waals surface area (Å²) >= 11 is 0. The highest BCUT2D eigenvalue weighted by Crippen LogP contribution is 2.31. The van der Waals surface area contributed by atoms with Gasteiger partial charge in [-0.3, -0.25) is 9.59 Å². The van der Waals surface area contributed by atoms with Crippen molar-refractivity contribution in [2.45, 2.75) is 44.6 Å². The second kappa shape index (κ2) is 8.34. The van der Waals surface area contributed by atoms with Crippen LogP contribution in [0, 0.1) is 11.8 Å². The van der Waals surface area contributed by atoms with Crippen molar-refractivity contribution in [3.63, 3.8) is 0 Å². The van der Waals surface area contributed by atoms with E-state index in [2.05, 4.69) is 5.32 Å². The monoisotopic (exact) mass is 299 g/mol. The van der Waals surface area contributed by atoms with E-state index in [4.69, 9.17) is 14.6 Å². The third-order valence-corrected chi connectivity index (χ3v) is 4.25. The van der Waals surface area contributed by atoms with E-state index < -0.39 is 5.97 Å². The molecule has 2 fully saturated rings. The van der Waals surface area contributed by atoms with Crippen LogP contribution in [0.2, 0.25) is 0 Å². The molecule has 1 heterocycles. The van der Waals surface area contributed by atoms with Crippen LogP contribution in [0.3, 0.4) is 0 Å². The SMILES string of the molecule is O=C(O)C1CCC(C(=O)NCCCOCC2CCCO2)C1. The molecule has 2 aliphatic rings. The van der Waals surface area contributed by atoms with E-state index >= 15 is 0 Å². The largest absolute Gasteiger partial charge is 0.481 e. The highest BCUT2D eigenvalue weighted by atomic mass is 16.5. The Labute approximate surface area is 125 Å². The van der Waals surface area contributed by atoms with Crippen molar-refractivity contribution in [2.75, 3.05) is 26.4 Å². The summed E-state index contributed by atoms with van der Waals surface area (Å²) in [6, 6.07) is 0. The maximum atomic E-state index is 11.9. The summed E-state index contributed by atoms with van der Waals surface area (Å²) in [6.45, 7) is 2.67. The Balaban J connectivity index is 1.48. The lowest BCUT2D eigenvalue weighted by molar-refractivity contribution is -0.141. The predicted molar refractivity (Wildman–Crippen MR) is 75.9 cm³/mol. The van der Waals surface area contributed by atoms with Crippen LogP contribution in [0.15, 0.2) is 0 Å². The lowest BCUT2D eigenvalue weighted by Crippen LogP contribution is -2.31. The van der Waals surface area contributed by atoms with Crippen LogP contribution in [-0.2, 0) is 19.1 Å². The molecule has 2 N–H and O–H groups in total. The fourth-order valence-electron chi connectivity index (χ4n) is 2.96. The zero-order valence-electron chi connectivity index (χ0n) is 12.4. The van der Waals surface area contributed by atoms with Crippen molar-refractivity contribution in [2.24, 2.45) is 11.8 Å². The van der Waals surface area contributed by atoms with Gasteiger partial charge in [-0.2, -0.15) is 0 Å². The topological polar surface area (TPSA) is 84.9 Å². The molecule has 6 heteroatoms. The number of carboxylic acid groups (broad SMARTS) is 1. The Hall–Kier alpha value is -1.14. The molecular weight excluding hydrogens is 274 g/mol. The molecule has 3 unspecified atom stereocenters. The Morgan fingerprint density at radius 2 is 2.05 bits per heavy atom. The van der Waals surface area contributed by atoms with Crippen molar-refractivity contribution in [1.82, 2.24) is 5.32 Å². The molecule has 0 radical (unpaired) electrons. The van der Waals surface area contributed by atoms with Crippen molar-refractivity contribution in [1.29, 1.82) is 0 Å². The number of carbonyl (C=O) groups excluding carboxylic acids is 1. The molecular formula is C15H25NO5. The highest BCUT2D eigenvalue weighted by molar-refractivity contribution is 5.80. The second-order valence-corrected chi connectivity index (χ2v) is 5.90. The van der Waals surface area contributed by atoms with Gasteiger partial charge in [0.25, 0.3) is 0 Å². The summed E-state index contributed by atoms with van der Waals surface area (Å²) in [6.07, 6.45) is 4.96. The summed E-state index contributed by atoms with van der Waals surface area (Å²) in [5.74, 6) is -1.29. The van der Waals surface area contributed by atoms with Gasteiger partial charge in [0, 0.05) is 25.7 Å². The molecule has 1 amide bonds. The van der Waals surface area contributed by atoms with Gasteiger partial charge < -0.3 is 19.9 Å². The summed E-state index contributed by atoms with van der Waals surface area (Å²) in [5, 5.41) is 11.8. The van der Waals surface area contributed by atoms with Crippen molar-refractivity contribution in [3.8, 4) is 0 Å². The zero-order valence-corrected chi connectivity index (χ0v) is 12.4. The van der Waals surface area contributed by atoms with Gasteiger partial charge in [-0.25, -0.2) is 0 Å². The molecule has 0 aromatic rings. The van der Waals surface area contributed by atoms with E-state index in [1.54, 1.807) is 0 Å². The van der Waals surface area contributed by atoms with Crippen LogP contribution in [0.25, 0.3) is 0 Å². The maximum Gasteiger partial charge on any atom is 0.306 e. The molecule has 3 atom stereocenters. The van der Waals surface area contributed by atoms with E-state index in [1.165, 1.54) is 0 Å². The van der Waals surface area contributed by atoms with E-state index in [0.717, 1.165) is 25.9 Å². The number of carbonyl (C=O) groups is 2. The third-order valence-electron chi connectivity index (χ3n) is 4.25. The number of hydrogen-bond donors (Lipinski definition) is 2. The smallest absolute Gasteiger partial charge is 0.306 e. The van der Waals surface area contributed by atoms with E-state index in [0.29, 0.717) is 39.0 Å². The van der Waals surface area contributed by atoms with E-state index in [9.17, 15) is 9.59 Å². The number of ether oxygens (including phenoxy) is 2. The lowest BCUT2D eigenvalue weighted by atomic mass is 10.0. The minimum Gasteiger partial charge on any atom is -0.481 e. The molecule has 1 aliphatic carbocycles. The minimum absolute atomic E-state index is 0.0159. The van der Waals surface area contributed by atoms with Crippen LogP contribution < -0.4 is 5.32 Å². The Morgan fingerprint density at radius 1 is 1.24 bits per heavy atom. The Kier molecular flexibility index (Phi) is 6.45. The summed E-state index contributed by atoms with van der Waals surface area (Å²) in [4.78, 5) is 22.7. The minimum atomic E-state index is -0.784. The molecule has 0 bridgehead atoms. The van der Waals surface area contributed by atoms with Gasteiger partial charge >= 0.3 is 5.97 Å². The first-order valence-electron chi connectivity index (χ1n) is 7.86. The van der Waals surface area contributed by atoms with Crippen LogP contribution in [0.4, 0.5) is 0 Å². The Morgan fingerprint density at radius 3 is 2.71 bits per heavy atom. The molecule has 21 heavy (non-hydrogen) atoms. The average molecular weight is 299 g/mol. The number of rotatable bonds is 8. The van der Waals surface area contributed by atoms with Gasteiger partial charge in [0.1, 0.15) is 0 Å². The fraction of sp³-hybridized carbons (Fsp3) is 0.867. The van der Waals surface area contributed by atoms with Gasteiger partial charge in [0.15, 0.2) is 0 Å². The van der Waals surface area contributed by atoms with Gasteiger partial charge in [-0.1, -0.05) is 0 Å². The van der Waals surface area contributed by atoms with E-state index in [1.807, 2.05) is 0 Å². The number of hydrogen-bond acceptors (Lipinski definition) is 4. The highest BCUT2D eigenvalue weighted by Gasteiger charge is 2.33. The zero-order chi connectivity index (χ0) is 15.1. The van der Waals surface area contributed by atoms with Gasteiger partial charge in [-0.15, -0.1) is 0 Å². The number of aliphatic carboxylic acids is 1. The predicted octanol–water partition coefficient (Wildman–Crippen LogP) is 1.19. The lowest BCUT2D eigenvalue weighted by Gasteiger charge is -2.12. The van der Waals surface area contributed by atoms with Crippen LogP contribution in [0.5, 0.6) is 0 Å². The maximum absolute atomic E-state index is 11.9. The first kappa shape index (κ1) is 16.2. The summed E-state index contributed by atoms with van der Waals surface area (Å²) in [5.41, 5.74) is 0. The summed E-state index contributed by atoms with van der Waals surface area (Å²) < 4.78 is 11.0. The Bertz CT molecular complexity index is 354. The fourth-order valence-corrected chi connectivity index (χ4v) is 2.96. The second-order valence-electron chi connectivity index (χ2n) is 5.90. The third kappa shape index (κ3) is 5.28. The normalized spacial score (nSPS) is 28.7. The molecule has 1 saturated carbocycles. The average Bonchev–Trinajstić information content (AvgIpc) is 3.13. The molecule has 0 spiro atoms. The molecule has 1 aliphatic heterocycles. The molecule has 0 aromatic heterocycles. The first-order chi connectivity index (χ1) is 10.2. The van der Waals surface area contributed by atoms with Crippen LogP contribution in [-0.4, -0.2) is 49.5 Å². The van der Waals surface area contributed by atoms with Crippen molar-refractivity contribution < 1.29 is 24.2 Å². The molecule has 0 aromatic carbocycles. The van der Waals surface area contributed by atoms with Gasteiger partial charge in [-0.05, 0) is 38.5 Å². The molecule has 1 saturated heterocycles. The number of nitrogens with one attached hydrogen (secondary N) is 1. The number of amides is 1. The van der Waals surface area contributed by atoms with Gasteiger partial charge in [0.05, 0.1) is 18.6 Å². The standard InChI is InChI=1S/C15H25NO5/c17-14(11-4-5-12(9-11)15(18)19)16-6-2-7-20-10-13-3-1-8-21-13/h11-13H,1-10H2,(H,16,17)(H,18,19). The van der Waals surface area contributed by atoms with Crippen LogP contribution >= 0.6 is 0 Å². The summed E-state index contributed by atoms with van der Waals surface area (Å²) in [7, 11) is 0. The van der Waals surface area contributed by atoms with E-state index in [-0.39, 0.29) is 23.8 Å². The number of carboxylic acids is 1. The first-order valence-corrected chi connectivity index (χ1v) is 7.86. The van der Waals surface area contributed by atoms with Crippen LogP contribution in [0.1, 0.15) is 38.5 Å². The quantitative estimate of drug-likeness (QED) is 0.658. The molecule has 120 valence electrons. The van der Waals surface area contributed by atoms with Crippen molar-refractivity contribution >= 4 is 11.9 Å².